The fourth-order valence-corrected chi connectivity index (χ4v) is 6.30. The third kappa shape index (κ3) is 10.0. The molecule has 0 aromatic carbocycles. The summed E-state index contributed by atoms with van der Waals surface area (Å²) in [5, 5.41) is 129. The Kier molecular flexibility index (Phi) is 16.9. The number of amides is 2. The first-order valence-corrected chi connectivity index (χ1v) is 16.1. The molecule has 4 fully saturated rings. The van der Waals surface area contributed by atoms with Crippen molar-refractivity contribution in [3.63, 3.8) is 0 Å². The van der Waals surface area contributed by atoms with Crippen molar-refractivity contribution in [2.24, 2.45) is 0 Å². The Morgan fingerprint density at radius 2 is 0.944 bits per heavy atom. The molecular formula is C28H44N2NaO23+. The molecule has 2 amide bonds. The minimum Gasteiger partial charge on any atom is -0.479 e. The summed E-state index contributed by atoms with van der Waals surface area (Å²) in [6, 6.07) is -3.38. The molecule has 20 atom stereocenters. The maximum absolute atomic E-state index is 12.5. The first kappa shape index (κ1) is 46.6. The SMILES string of the molecule is CC(=O)N[C@@H]1[C@@H](O[C@@H]2O[C@H](C(=O)O)[C@@H](O[C@@H]3O[C@H](CO)[C@@H](O)[C@H](O[C@@H]4O[C@H](C(=O)O)[C@@H](O)[C@H](O)[C@H]4O)[C@H]3NC(C)=O)[C@H](O)[C@H]2O)[C@H](O)[C@@H](CO)O[C@H]1O.[Na+]. The summed E-state index contributed by atoms with van der Waals surface area (Å²) >= 11 is 0. The van der Waals surface area contributed by atoms with E-state index in [0.29, 0.717) is 0 Å². The first-order chi connectivity index (χ1) is 24.8. The van der Waals surface area contributed by atoms with E-state index in [0.717, 1.165) is 13.8 Å². The molecule has 54 heavy (non-hydrogen) atoms. The molecule has 0 aliphatic carbocycles. The monoisotopic (exact) mass is 799 g/mol. The summed E-state index contributed by atoms with van der Waals surface area (Å²) < 4.78 is 38.0. The number of rotatable bonds is 12. The van der Waals surface area contributed by atoms with Crippen LogP contribution in [0.15, 0.2) is 0 Å². The number of ether oxygens (including phenoxy) is 7. The average molecular weight is 800 g/mol. The molecule has 0 unspecified atom stereocenters. The molecular weight excluding hydrogens is 755 g/mol. The number of aliphatic hydroxyl groups excluding tert-OH is 10. The van der Waals surface area contributed by atoms with E-state index in [1.165, 1.54) is 0 Å². The second kappa shape index (κ2) is 19.6. The number of aliphatic hydroxyl groups is 10. The van der Waals surface area contributed by atoms with Gasteiger partial charge in [0.05, 0.1) is 13.2 Å². The third-order valence-corrected chi connectivity index (χ3v) is 8.94. The molecule has 4 heterocycles. The maximum atomic E-state index is 12.5. The van der Waals surface area contributed by atoms with Gasteiger partial charge in [0.2, 0.25) is 11.8 Å². The first-order valence-electron chi connectivity index (χ1n) is 16.1. The summed E-state index contributed by atoms with van der Waals surface area (Å²) in [5.74, 6) is -5.28. The van der Waals surface area contributed by atoms with Crippen molar-refractivity contribution in [2.75, 3.05) is 13.2 Å². The molecule has 0 aromatic rings. The zero-order valence-electron chi connectivity index (χ0n) is 28.8. The van der Waals surface area contributed by atoms with Gasteiger partial charge in [0.25, 0.3) is 0 Å². The van der Waals surface area contributed by atoms with Crippen LogP contribution in [0.3, 0.4) is 0 Å². The van der Waals surface area contributed by atoms with Gasteiger partial charge in [-0.05, 0) is 0 Å². The third-order valence-electron chi connectivity index (χ3n) is 8.94. The van der Waals surface area contributed by atoms with Crippen LogP contribution in [0.4, 0.5) is 0 Å². The molecule has 4 saturated heterocycles. The van der Waals surface area contributed by atoms with Crippen molar-refractivity contribution in [2.45, 2.75) is 137 Å². The van der Waals surface area contributed by atoms with E-state index >= 15 is 0 Å². The second-order valence-electron chi connectivity index (χ2n) is 12.7. The predicted octanol–water partition coefficient (Wildman–Crippen LogP) is -12.3. The van der Waals surface area contributed by atoms with Crippen LogP contribution in [-0.4, -0.2) is 221 Å². The van der Waals surface area contributed by atoms with Gasteiger partial charge in [-0.3, -0.25) is 9.59 Å². The number of hydrogen-bond acceptors (Lipinski definition) is 21. The second-order valence-corrected chi connectivity index (χ2v) is 12.7. The summed E-state index contributed by atoms with van der Waals surface area (Å²) in [7, 11) is 0. The van der Waals surface area contributed by atoms with E-state index in [2.05, 4.69) is 10.6 Å². The Morgan fingerprint density at radius 1 is 0.519 bits per heavy atom. The van der Waals surface area contributed by atoms with E-state index in [-0.39, 0.29) is 29.6 Å². The van der Waals surface area contributed by atoms with Crippen molar-refractivity contribution in [3.8, 4) is 0 Å². The zero-order chi connectivity index (χ0) is 39.6. The number of carboxylic acids is 2. The smallest absolute Gasteiger partial charge is 0.479 e. The molecule has 25 nitrogen and oxygen atoms in total. The van der Waals surface area contributed by atoms with Gasteiger partial charge >= 0.3 is 41.5 Å². The van der Waals surface area contributed by atoms with Crippen LogP contribution in [-0.2, 0) is 52.3 Å². The van der Waals surface area contributed by atoms with E-state index in [4.69, 9.17) is 33.2 Å². The van der Waals surface area contributed by atoms with E-state index in [1.54, 1.807) is 0 Å². The number of carbonyl (C=O) groups excluding carboxylic acids is 2. The molecule has 0 saturated carbocycles. The number of aliphatic carboxylic acids is 2. The molecule has 26 heteroatoms. The average Bonchev–Trinajstić information content (AvgIpc) is 3.08. The Hall–Kier alpha value is -1.80. The van der Waals surface area contributed by atoms with Crippen molar-refractivity contribution >= 4 is 23.8 Å². The van der Waals surface area contributed by atoms with Crippen LogP contribution in [0, 0.1) is 0 Å². The summed E-state index contributed by atoms with van der Waals surface area (Å²) in [5.41, 5.74) is 0. The molecule has 4 aliphatic heterocycles. The molecule has 0 radical (unpaired) electrons. The van der Waals surface area contributed by atoms with E-state index in [1.807, 2.05) is 0 Å². The maximum Gasteiger partial charge on any atom is 1.00 e. The minimum absolute atomic E-state index is 0. The molecule has 14 N–H and O–H groups in total. The van der Waals surface area contributed by atoms with Gasteiger partial charge in [0.15, 0.2) is 37.4 Å². The quantitative estimate of drug-likeness (QED) is 0.0815. The standard InChI is InChI=1S/C28H44N2O23.Na/c1-5(33)29-9-18(11(35)7(3-31)47-25(9)46)49-28-17(41)15(39)20(22(53-28)24(44)45)51-26-10(30-6(2)34)19(12(36)8(4-32)48-26)50-27-16(40)13(37)14(38)21(52-27)23(42)43;/h7-22,25-28,31-32,35-41,46H,3-4H2,1-2H3,(H,29,33)(H,30,34)(H,42,43)(H,44,45);/q;+1/t7-,8-,9-,10-,11-,12-,13+,14+,15-,16-,17-,18-,19-,20+,21+,22+,25-,26+,27-,28-;/m1./s1. The Balaban J connectivity index is 0.00000784. The van der Waals surface area contributed by atoms with Crippen LogP contribution in [0.5, 0.6) is 0 Å². The Labute approximate surface area is 326 Å². The van der Waals surface area contributed by atoms with Crippen LogP contribution >= 0.6 is 0 Å². The molecule has 304 valence electrons. The number of carbonyl (C=O) groups is 4. The van der Waals surface area contributed by atoms with Gasteiger partial charge in [-0.1, -0.05) is 0 Å². The van der Waals surface area contributed by atoms with E-state index < -0.39 is 160 Å². The number of nitrogens with one attached hydrogen (secondary N) is 2. The Morgan fingerprint density at radius 3 is 1.43 bits per heavy atom. The van der Waals surface area contributed by atoms with Gasteiger partial charge in [0.1, 0.15) is 85.3 Å². The fraction of sp³-hybridized carbons (Fsp3) is 0.857. The largest absolute Gasteiger partial charge is 1.00 e. The number of hydrogen-bond donors (Lipinski definition) is 14. The van der Waals surface area contributed by atoms with Gasteiger partial charge in [-0.15, -0.1) is 0 Å². The summed E-state index contributed by atoms with van der Waals surface area (Å²) in [4.78, 5) is 48.2. The van der Waals surface area contributed by atoms with Crippen molar-refractivity contribution in [1.29, 1.82) is 0 Å². The van der Waals surface area contributed by atoms with Crippen molar-refractivity contribution in [3.05, 3.63) is 0 Å². The predicted molar refractivity (Wildman–Crippen MR) is 158 cm³/mol. The van der Waals surface area contributed by atoms with Gasteiger partial charge in [-0.2, -0.15) is 0 Å². The summed E-state index contributed by atoms with van der Waals surface area (Å²) in [6.45, 7) is 0.116. The molecule has 0 aromatic heterocycles. The van der Waals surface area contributed by atoms with Crippen LogP contribution in [0.25, 0.3) is 0 Å². The summed E-state index contributed by atoms with van der Waals surface area (Å²) in [6.07, 6.45) is -36.5. The normalized spacial score (nSPS) is 45.4. The van der Waals surface area contributed by atoms with Gasteiger partial charge in [0, 0.05) is 13.8 Å². The fourth-order valence-electron chi connectivity index (χ4n) is 6.30. The van der Waals surface area contributed by atoms with Crippen LogP contribution in [0.1, 0.15) is 13.8 Å². The van der Waals surface area contributed by atoms with Crippen LogP contribution in [0.2, 0.25) is 0 Å². The molecule has 0 spiro atoms. The molecule has 4 aliphatic rings. The Bertz CT molecular complexity index is 1300. The zero-order valence-corrected chi connectivity index (χ0v) is 30.8. The van der Waals surface area contributed by atoms with Crippen molar-refractivity contribution < 1.29 is 143 Å². The number of carboxylic acid groups (broad SMARTS) is 2. The molecule has 0 bridgehead atoms. The van der Waals surface area contributed by atoms with Gasteiger partial charge in [-0.25, -0.2) is 9.59 Å². The topological polar surface area (TPSA) is 400 Å². The van der Waals surface area contributed by atoms with Crippen LogP contribution < -0.4 is 40.2 Å². The van der Waals surface area contributed by atoms with E-state index in [9.17, 15) is 80.5 Å². The minimum atomic E-state index is -2.30. The van der Waals surface area contributed by atoms with Gasteiger partial charge < -0.3 is 105 Å². The molecule has 4 rings (SSSR count). The van der Waals surface area contributed by atoms with Crippen molar-refractivity contribution in [1.82, 2.24) is 10.6 Å².